The van der Waals surface area contributed by atoms with Crippen molar-refractivity contribution in [2.45, 2.75) is 18.8 Å². The zero-order valence-electron chi connectivity index (χ0n) is 7.44. The zero-order valence-corrected chi connectivity index (χ0v) is 8.26. The van der Waals surface area contributed by atoms with E-state index in [0.717, 1.165) is 11.4 Å². The van der Waals surface area contributed by atoms with E-state index >= 15 is 0 Å². The minimum Gasteiger partial charge on any atom is -0.397 e. The van der Waals surface area contributed by atoms with Crippen LogP contribution in [0.5, 0.6) is 0 Å². The molecule has 0 atom stereocenters. The van der Waals surface area contributed by atoms with Gasteiger partial charge in [0.15, 0.2) is 0 Å². The van der Waals surface area contributed by atoms with Crippen molar-refractivity contribution in [3.05, 3.63) is 18.0 Å². The molecule has 3 nitrogen and oxygen atoms in total. The summed E-state index contributed by atoms with van der Waals surface area (Å²) in [5, 5.41) is 8.00. The van der Waals surface area contributed by atoms with Crippen molar-refractivity contribution in [3.63, 3.8) is 0 Å². The van der Waals surface area contributed by atoms with Gasteiger partial charge in [0.2, 0.25) is 0 Å². The van der Waals surface area contributed by atoms with Crippen LogP contribution in [0.1, 0.15) is 24.5 Å². The fraction of sp³-hybridized carbons (Fsp3) is 0.556. The van der Waals surface area contributed by atoms with Crippen LogP contribution < -0.4 is 5.73 Å². The van der Waals surface area contributed by atoms with E-state index in [1.165, 1.54) is 24.3 Å². The number of nitrogens with zero attached hydrogens (tertiary/aromatic N) is 2. The Morgan fingerprint density at radius 2 is 2.15 bits per heavy atom. The first kappa shape index (κ1) is 8.81. The van der Waals surface area contributed by atoms with Crippen molar-refractivity contribution in [1.29, 1.82) is 0 Å². The third-order valence-corrected chi connectivity index (χ3v) is 3.38. The third kappa shape index (κ3) is 2.12. The summed E-state index contributed by atoms with van der Waals surface area (Å²) in [7, 11) is 0. The maximum Gasteiger partial charge on any atom is 0.0726 e. The second kappa shape index (κ2) is 3.96. The lowest BCUT2D eigenvalue weighted by atomic mass is 9.98. The van der Waals surface area contributed by atoms with Gasteiger partial charge in [-0.05, 0) is 30.4 Å². The topological polar surface area (TPSA) is 51.8 Å². The number of aromatic nitrogens is 2. The van der Waals surface area contributed by atoms with Crippen LogP contribution in [0.25, 0.3) is 0 Å². The minimum absolute atomic E-state index is 0.581. The van der Waals surface area contributed by atoms with Crippen LogP contribution in [-0.4, -0.2) is 21.7 Å². The number of nitrogens with two attached hydrogens (primary N) is 1. The fourth-order valence-electron chi connectivity index (χ4n) is 1.59. The SMILES string of the molecule is Nc1cnnc(C2CCSCC2)c1. The van der Waals surface area contributed by atoms with Crippen LogP contribution in [0.4, 0.5) is 5.69 Å². The molecule has 4 heteroatoms. The van der Waals surface area contributed by atoms with Crippen molar-refractivity contribution < 1.29 is 0 Å². The van der Waals surface area contributed by atoms with Crippen molar-refractivity contribution in [1.82, 2.24) is 10.2 Å². The second-order valence-electron chi connectivity index (χ2n) is 3.30. The summed E-state index contributed by atoms with van der Waals surface area (Å²) in [5.41, 5.74) is 7.45. The molecule has 0 saturated carbocycles. The summed E-state index contributed by atoms with van der Waals surface area (Å²) in [6.07, 6.45) is 4.02. The Morgan fingerprint density at radius 1 is 1.38 bits per heavy atom. The molecular weight excluding hydrogens is 182 g/mol. The number of rotatable bonds is 1. The zero-order chi connectivity index (χ0) is 9.10. The number of nitrogen functional groups attached to an aromatic ring is 1. The Kier molecular flexibility index (Phi) is 2.68. The number of hydrogen-bond donors (Lipinski definition) is 1. The molecule has 0 aliphatic carbocycles. The van der Waals surface area contributed by atoms with Crippen LogP contribution in [0.15, 0.2) is 12.3 Å². The molecule has 2 heterocycles. The molecule has 1 saturated heterocycles. The van der Waals surface area contributed by atoms with Gasteiger partial charge in [0.25, 0.3) is 0 Å². The average molecular weight is 195 g/mol. The van der Waals surface area contributed by atoms with E-state index in [9.17, 15) is 0 Å². The van der Waals surface area contributed by atoms with Crippen molar-refractivity contribution in [3.8, 4) is 0 Å². The first-order chi connectivity index (χ1) is 6.36. The van der Waals surface area contributed by atoms with E-state index in [4.69, 9.17) is 5.73 Å². The maximum atomic E-state index is 5.66. The van der Waals surface area contributed by atoms with Crippen molar-refractivity contribution in [2.24, 2.45) is 0 Å². The minimum atomic E-state index is 0.581. The standard InChI is InChI=1S/C9H13N3S/c10-8-5-9(12-11-6-8)7-1-3-13-4-2-7/h5-7H,1-4H2,(H2,10,12). The van der Waals surface area contributed by atoms with E-state index in [1.54, 1.807) is 6.20 Å². The first-order valence-electron chi connectivity index (χ1n) is 4.52. The molecule has 1 aliphatic heterocycles. The van der Waals surface area contributed by atoms with Gasteiger partial charge >= 0.3 is 0 Å². The van der Waals surface area contributed by atoms with Gasteiger partial charge in [-0.15, -0.1) is 0 Å². The smallest absolute Gasteiger partial charge is 0.0726 e. The molecule has 0 amide bonds. The molecule has 70 valence electrons. The summed E-state index contributed by atoms with van der Waals surface area (Å²) in [5.74, 6) is 3.06. The fourth-order valence-corrected chi connectivity index (χ4v) is 2.70. The first-order valence-corrected chi connectivity index (χ1v) is 5.67. The molecule has 0 aromatic carbocycles. The normalized spacial score (nSPS) is 18.8. The van der Waals surface area contributed by atoms with Crippen LogP contribution in [0, 0.1) is 0 Å². The van der Waals surface area contributed by atoms with Gasteiger partial charge in [0, 0.05) is 5.92 Å². The molecule has 0 unspecified atom stereocenters. The van der Waals surface area contributed by atoms with Gasteiger partial charge in [-0.25, -0.2) is 0 Å². The molecule has 0 bridgehead atoms. The summed E-state index contributed by atoms with van der Waals surface area (Å²) in [6, 6.07) is 1.95. The van der Waals surface area contributed by atoms with Gasteiger partial charge in [0.1, 0.15) is 0 Å². The molecule has 0 spiro atoms. The Balaban J connectivity index is 2.14. The largest absolute Gasteiger partial charge is 0.397 e. The molecule has 1 aromatic rings. The highest BCUT2D eigenvalue weighted by Gasteiger charge is 2.17. The molecule has 1 aliphatic rings. The molecule has 2 rings (SSSR count). The third-order valence-electron chi connectivity index (χ3n) is 2.33. The quantitative estimate of drug-likeness (QED) is 0.740. The van der Waals surface area contributed by atoms with Gasteiger partial charge in [-0.1, -0.05) is 0 Å². The summed E-state index contributed by atoms with van der Waals surface area (Å²) >= 11 is 2.02. The van der Waals surface area contributed by atoms with Gasteiger partial charge < -0.3 is 5.73 Å². The Morgan fingerprint density at radius 3 is 2.85 bits per heavy atom. The lowest BCUT2D eigenvalue weighted by Crippen LogP contribution is -2.10. The van der Waals surface area contributed by atoms with E-state index < -0.39 is 0 Å². The van der Waals surface area contributed by atoms with Crippen LogP contribution in [0.2, 0.25) is 0 Å². The summed E-state index contributed by atoms with van der Waals surface area (Å²) in [6.45, 7) is 0. The molecule has 0 radical (unpaired) electrons. The predicted molar refractivity (Wildman–Crippen MR) is 55.7 cm³/mol. The Bertz CT molecular complexity index is 284. The molecular formula is C9H13N3S. The average Bonchev–Trinajstić information content (AvgIpc) is 2.19. The van der Waals surface area contributed by atoms with Crippen LogP contribution in [0.3, 0.4) is 0 Å². The van der Waals surface area contributed by atoms with Crippen LogP contribution >= 0.6 is 11.8 Å². The number of hydrogen-bond acceptors (Lipinski definition) is 4. The summed E-state index contributed by atoms with van der Waals surface area (Å²) < 4.78 is 0. The van der Waals surface area contributed by atoms with Crippen molar-refractivity contribution in [2.75, 3.05) is 17.2 Å². The van der Waals surface area contributed by atoms with E-state index in [0.29, 0.717) is 5.92 Å². The molecule has 1 aromatic heterocycles. The summed E-state index contributed by atoms with van der Waals surface area (Å²) in [4.78, 5) is 0. The Labute approximate surface area is 82.1 Å². The maximum absolute atomic E-state index is 5.66. The van der Waals surface area contributed by atoms with E-state index in [2.05, 4.69) is 10.2 Å². The van der Waals surface area contributed by atoms with Gasteiger partial charge in [0.05, 0.1) is 17.6 Å². The van der Waals surface area contributed by atoms with Crippen LogP contribution in [-0.2, 0) is 0 Å². The van der Waals surface area contributed by atoms with E-state index in [-0.39, 0.29) is 0 Å². The van der Waals surface area contributed by atoms with E-state index in [1.807, 2.05) is 17.8 Å². The number of thioether (sulfide) groups is 1. The molecule has 2 N–H and O–H groups in total. The lowest BCUT2D eigenvalue weighted by Gasteiger charge is -2.20. The molecule has 13 heavy (non-hydrogen) atoms. The molecule has 1 fully saturated rings. The second-order valence-corrected chi connectivity index (χ2v) is 4.53. The highest BCUT2D eigenvalue weighted by Crippen LogP contribution is 2.30. The lowest BCUT2D eigenvalue weighted by molar-refractivity contribution is 0.609. The predicted octanol–water partition coefficient (Wildman–Crippen LogP) is 1.67. The highest BCUT2D eigenvalue weighted by molar-refractivity contribution is 7.99. The van der Waals surface area contributed by atoms with Gasteiger partial charge in [-0.3, -0.25) is 0 Å². The van der Waals surface area contributed by atoms with Crippen molar-refractivity contribution >= 4 is 17.4 Å². The monoisotopic (exact) mass is 195 g/mol. The number of anilines is 1. The highest BCUT2D eigenvalue weighted by atomic mass is 32.2. The van der Waals surface area contributed by atoms with Gasteiger partial charge in [-0.2, -0.15) is 22.0 Å². The Hall–Kier alpha value is -0.770.